The lowest BCUT2D eigenvalue weighted by atomic mass is 9.90. The first kappa shape index (κ1) is 12.3. The molecule has 0 bridgehead atoms. The van der Waals surface area contributed by atoms with Crippen molar-refractivity contribution in [3.8, 4) is 0 Å². The Morgan fingerprint density at radius 3 is 2.40 bits per heavy atom. The molecular weight excluding hydrogens is 182 g/mol. The third-order valence-corrected chi connectivity index (χ3v) is 3.11. The quantitative estimate of drug-likeness (QED) is 0.704. The summed E-state index contributed by atoms with van der Waals surface area (Å²) in [7, 11) is 0. The van der Waals surface area contributed by atoms with Gasteiger partial charge in [-0.1, -0.05) is 63.4 Å². The van der Waals surface area contributed by atoms with Crippen molar-refractivity contribution in [2.24, 2.45) is 5.73 Å². The summed E-state index contributed by atoms with van der Waals surface area (Å²) in [6.07, 6.45) is 4.97. The highest BCUT2D eigenvalue weighted by Gasteiger charge is 2.13. The van der Waals surface area contributed by atoms with Crippen LogP contribution in [0, 0.1) is 0 Å². The predicted molar refractivity (Wildman–Crippen MR) is 67.0 cm³/mol. The normalized spacial score (nSPS) is 14.9. The Hall–Kier alpha value is -0.820. The minimum atomic E-state index is 0.305. The van der Waals surface area contributed by atoms with Crippen LogP contribution in [0.4, 0.5) is 0 Å². The first-order valence-electron chi connectivity index (χ1n) is 6.06. The fourth-order valence-corrected chi connectivity index (χ4v) is 1.88. The zero-order valence-electron chi connectivity index (χ0n) is 9.95. The fourth-order valence-electron chi connectivity index (χ4n) is 1.88. The fraction of sp³-hybridized carbons (Fsp3) is 0.571. The summed E-state index contributed by atoms with van der Waals surface area (Å²) in [5.74, 6) is 0.475. The molecule has 0 radical (unpaired) electrons. The van der Waals surface area contributed by atoms with Gasteiger partial charge in [-0.15, -0.1) is 0 Å². The Bertz CT molecular complexity index is 255. The van der Waals surface area contributed by atoms with Gasteiger partial charge in [0, 0.05) is 6.04 Å². The highest BCUT2D eigenvalue weighted by molar-refractivity contribution is 5.20. The van der Waals surface area contributed by atoms with Gasteiger partial charge in [-0.3, -0.25) is 0 Å². The van der Waals surface area contributed by atoms with E-state index in [1.54, 1.807) is 0 Å². The molecule has 1 aromatic carbocycles. The van der Waals surface area contributed by atoms with E-state index in [4.69, 9.17) is 5.73 Å². The Labute approximate surface area is 93.7 Å². The largest absolute Gasteiger partial charge is 0.327 e. The second-order valence-electron chi connectivity index (χ2n) is 4.36. The molecule has 1 heteroatoms. The number of hydrogen-bond acceptors (Lipinski definition) is 1. The Morgan fingerprint density at radius 2 is 1.80 bits per heavy atom. The zero-order valence-corrected chi connectivity index (χ0v) is 9.95. The lowest BCUT2D eigenvalue weighted by Crippen LogP contribution is -2.26. The van der Waals surface area contributed by atoms with E-state index in [0.717, 1.165) is 6.42 Å². The highest BCUT2D eigenvalue weighted by Crippen LogP contribution is 2.20. The molecule has 2 unspecified atom stereocenters. The third-order valence-electron chi connectivity index (χ3n) is 3.11. The molecule has 0 amide bonds. The third kappa shape index (κ3) is 4.05. The average Bonchev–Trinajstić information content (AvgIpc) is 2.29. The summed E-state index contributed by atoms with van der Waals surface area (Å²) in [6, 6.07) is 10.9. The monoisotopic (exact) mass is 205 g/mol. The summed E-state index contributed by atoms with van der Waals surface area (Å²) >= 11 is 0. The molecule has 1 aromatic rings. The van der Waals surface area contributed by atoms with Gasteiger partial charge in [0.05, 0.1) is 0 Å². The number of hydrogen-bond donors (Lipinski definition) is 1. The molecule has 0 saturated heterocycles. The van der Waals surface area contributed by atoms with Crippen molar-refractivity contribution >= 4 is 0 Å². The van der Waals surface area contributed by atoms with E-state index >= 15 is 0 Å². The van der Waals surface area contributed by atoms with E-state index in [0.29, 0.717) is 12.0 Å². The van der Waals surface area contributed by atoms with Gasteiger partial charge in [0.1, 0.15) is 0 Å². The molecule has 0 saturated carbocycles. The molecule has 1 nitrogen and oxygen atoms in total. The average molecular weight is 205 g/mol. The van der Waals surface area contributed by atoms with Crippen LogP contribution in [0.15, 0.2) is 30.3 Å². The van der Waals surface area contributed by atoms with Crippen LogP contribution in [0.5, 0.6) is 0 Å². The van der Waals surface area contributed by atoms with Gasteiger partial charge in [0.15, 0.2) is 0 Å². The molecular formula is C14H23N. The van der Waals surface area contributed by atoms with Crippen molar-refractivity contribution in [2.75, 3.05) is 0 Å². The molecule has 0 fully saturated rings. The second kappa shape index (κ2) is 6.62. The van der Waals surface area contributed by atoms with Crippen molar-refractivity contribution in [1.29, 1.82) is 0 Å². The minimum absolute atomic E-state index is 0.305. The zero-order chi connectivity index (χ0) is 11.1. The van der Waals surface area contributed by atoms with E-state index in [1.165, 1.54) is 24.8 Å². The lowest BCUT2D eigenvalue weighted by Gasteiger charge is -2.20. The number of nitrogens with two attached hydrogens (primary N) is 1. The molecule has 0 spiro atoms. The van der Waals surface area contributed by atoms with Crippen LogP contribution in [0.1, 0.15) is 51.0 Å². The van der Waals surface area contributed by atoms with Gasteiger partial charge in [0.25, 0.3) is 0 Å². The molecule has 0 aromatic heterocycles. The molecule has 0 aliphatic rings. The predicted octanol–water partition coefficient (Wildman–Crippen LogP) is 3.70. The van der Waals surface area contributed by atoms with E-state index < -0.39 is 0 Å². The van der Waals surface area contributed by atoms with Crippen LogP contribution in [0.25, 0.3) is 0 Å². The minimum Gasteiger partial charge on any atom is -0.327 e. The summed E-state index contributed by atoms with van der Waals surface area (Å²) in [5, 5.41) is 0. The molecule has 1 rings (SSSR count). The van der Waals surface area contributed by atoms with E-state index in [-0.39, 0.29) is 0 Å². The Kier molecular flexibility index (Phi) is 5.41. The van der Waals surface area contributed by atoms with E-state index in [9.17, 15) is 0 Å². The number of benzene rings is 1. The van der Waals surface area contributed by atoms with Crippen LogP contribution in [0.2, 0.25) is 0 Å². The molecule has 84 valence electrons. The molecule has 2 atom stereocenters. The summed E-state index contributed by atoms with van der Waals surface area (Å²) < 4.78 is 0. The van der Waals surface area contributed by atoms with E-state index in [1.807, 2.05) is 0 Å². The highest BCUT2D eigenvalue weighted by atomic mass is 14.6. The van der Waals surface area contributed by atoms with Gasteiger partial charge in [-0.25, -0.2) is 0 Å². The molecule has 0 aliphatic carbocycles. The lowest BCUT2D eigenvalue weighted by molar-refractivity contribution is 0.498. The molecule has 15 heavy (non-hydrogen) atoms. The molecule has 0 aliphatic heterocycles. The van der Waals surface area contributed by atoms with Gasteiger partial charge < -0.3 is 5.73 Å². The van der Waals surface area contributed by atoms with Crippen LogP contribution >= 0.6 is 0 Å². The maximum absolute atomic E-state index is 6.19. The van der Waals surface area contributed by atoms with Gasteiger partial charge in [-0.2, -0.15) is 0 Å². The van der Waals surface area contributed by atoms with Crippen molar-refractivity contribution < 1.29 is 0 Å². The van der Waals surface area contributed by atoms with Crippen LogP contribution in [-0.2, 0) is 0 Å². The van der Waals surface area contributed by atoms with Gasteiger partial charge in [-0.05, 0) is 17.9 Å². The smallest absolute Gasteiger partial charge is 0.0105 e. The van der Waals surface area contributed by atoms with Gasteiger partial charge in [0.2, 0.25) is 0 Å². The molecule has 2 N–H and O–H groups in total. The topological polar surface area (TPSA) is 26.0 Å². The SMILES string of the molecule is CCCCCC(N)C(C)c1ccccc1. The summed E-state index contributed by atoms with van der Waals surface area (Å²) in [6.45, 7) is 4.46. The van der Waals surface area contributed by atoms with Crippen LogP contribution < -0.4 is 5.73 Å². The molecule has 0 heterocycles. The number of unbranched alkanes of at least 4 members (excludes halogenated alkanes) is 2. The van der Waals surface area contributed by atoms with Gasteiger partial charge >= 0.3 is 0 Å². The van der Waals surface area contributed by atoms with Crippen molar-refractivity contribution in [1.82, 2.24) is 0 Å². The maximum Gasteiger partial charge on any atom is 0.0105 e. The van der Waals surface area contributed by atoms with Crippen LogP contribution in [0.3, 0.4) is 0 Å². The van der Waals surface area contributed by atoms with Crippen LogP contribution in [-0.4, -0.2) is 6.04 Å². The summed E-state index contributed by atoms with van der Waals surface area (Å²) in [4.78, 5) is 0. The maximum atomic E-state index is 6.19. The number of rotatable bonds is 6. The Balaban J connectivity index is 2.42. The van der Waals surface area contributed by atoms with Crippen molar-refractivity contribution in [3.05, 3.63) is 35.9 Å². The standard InChI is InChI=1S/C14H23N/c1-3-4-6-11-14(15)12(2)13-9-7-5-8-10-13/h5,7-10,12,14H,3-4,6,11,15H2,1-2H3. The first-order chi connectivity index (χ1) is 7.25. The van der Waals surface area contributed by atoms with E-state index in [2.05, 4.69) is 44.2 Å². The summed E-state index contributed by atoms with van der Waals surface area (Å²) in [5.41, 5.74) is 7.55. The Morgan fingerprint density at radius 1 is 1.13 bits per heavy atom. The first-order valence-corrected chi connectivity index (χ1v) is 6.06. The van der Waals surface area contributed by atoms with Crippen molar-refractivity contribution in [2.45, 2.75) is 51.5 Å². The second-order valence-corrected chi connectivity index (χ2v) is 4.36. The van der Waals surface area contributed by atoms with Crippen molar-refractivity contribution in [3.63, 3.8) is 0 Å².